The van der Waals surface area contributed by atoms with E-state index in [1.807, 2.05) is 11.7 Å². The minimum atomic E-state index is 0.578. The highest BCUT2D eigenvalue weighted by Crippen LogP contribution is 2.48. The molecular formula is C16H23N3. The van der Waals surface area contributed by atoms with Crippen LogP contribution in [0.25, 0.3) is 11.0 Å². The van der Waals surface area contributed by atoms with Crippen LogP contribution >= 0.6 is 0 Å². The van der Waals surface area contributed by atoms with Gasteiger partial charge in [-0.1, -0.05) is 27.7 Å². The zero-order valence-corrected chi connectivity index (χ0v) is 12.7. The Bertz CT molecular complexity index is 641. The lowest BCUT2D eigenvalue weighted by molar-refractivity contribution is 0.274. The zero-order chi connectivity index (χ0) is 13.9. The maximum atomic E-state index is 4.66. The van der Waals surface area contributed by atoms with Gasteiger partial charge in [-0.3, -0.25) is 4.68 Å². The molecule has 0 N–H and O–H groups in total. The molecule has 0 saturated carbocycles. The third kappa shape index (κ3) is 1.57. The van der Waals surface area contributed by atoms with Crippen LogP contribution < -0.4 is 0 Å². The molecule has 2 heterocycles. The summed E-state index contributed by atoms with van der Waals surface area (Å²) in [6.45, 7) is 11.6. The van der Waals surface area contributed by atoms with Crippen LogP contribution in [0.5, 0.6) is 0 Å². The number of hydrogen-bond acceptors (Lipinski definition) is 2. The predicted octanol–water partition coefficient (Wildman–Crippen LogP) is 3.77. The molecule has 0 aliphatic heterocycles. The number of aryl methyl sites for hydroxylation is 2. The Balaban J connectivity index is 2.38. The second-order valence-corrected chi connectivity index (χ2v) is 6.33. The summed E-state index contributed by atoms with van der Waals surface area (Å²) in [5.74, 6) is 2.57. The summed E-state index contributed by atoms with van der Waals surface area (Å²) in [6.07, 6.45) is 2.09. The first-order valence-corrected chi connectivity index (χ1v) is 7.25. The summed E-state index contributed by atoms with van der Waals surface area (Å²) >= 11 is 0. The van der Waals surface area contributed by atoms with E-state index >= 15 is 0 Å². The van der Waals surface area contributed by atoms with E-state index in [4.69, 9.17) is 0 Å². The molecule has 3 rings (SSSR count). The number of rotatable bonds is 0. The summed E-state index contributed by atoms with van der Waals surface area (Å²) in [5.41, 5.74) is 5.06. The summed E-state index contributed by atoms with van der Waals surface area (Å²) < 4.78 is 1.91. The van der Waals surface area contributed by atoms with Crippen molar-refractivity contribution in [2.75, 3.05) is 0 Å². The molecule has 1 aliphatic rings. The topological polar surface area (TPSA) is 30.7 Å². The molecule has 0 amide bonds. The first kappa shape index (κ1) is 12.6. The molecule has 3 nitrogen and oxygen atoms in total. The summed E-state index contributed by atoms with van der Waals surface area (Å²) in [6, 6.07) is 0. The second-order valence-electron chi connectivity index (χ2n) is 6.33. The van der Waals surface area contributed by atoms with E-state index in [2.05, 4.69) is 50.9 Å². The first-order valence-electron chi connectivity index (χ1n) is 7.25. The largest absolute Gasteiger partial charge is 0.250 e. The lowest BCUT2D eigenvalue weighted by Gasteiger charge is -2.39. The highest BCUT2D eigenvalue weighted by atomic mass is 15.3. The van der Waals surface area contributed by atoms with Crippen LogP contribution in [-0.2, 0) is 7.05 Å². The van der Waals surface area contributed by atoms with E-state index in [9.17, 15) is 0 Å². The van der Waals surface area contributed by atoms with Gasteiger partial charge in [-0.15, -0.1) is 0 Å². The van der Waals surface area contributed by atoms with Crippen molar-refractivity contribution in [3.8, 4) is 0 Å². The van der Waals surface area contributed by atoms with Crippen LogP contribution in [0.3, 0.4) is 0 Å². The molecule has 3 heteroatoms. The molecule has 102 valence electrons. The van der Waals surface area contributed by atoms with E-state index in [0.717, 1.165) is 11.3 Å². The van der Waals surface area contributed by atoms with Gasteiger partial charge in [0.1, 0.15) is 0 Å². The maximum absolute atomic E-state index is 4.66. The number of pyridine rings is 1. The minimum absolute atomic E-state index is 0.578. The van der Waals surface area contributed by atoms with Crippen molar-refractivity contribution >= 4 is 11.0 Å². The van der Waals surface area contributed by atoms with E-state index in [-0.39, 0.29) is 0 Å². The molecular weight excluding hydrogens is 234 g/mol. The molecule has 2 aromatic heterocycles. The second kappa shape index (κ2) is 4.06. The minimum Gasteiger partial charge on any atom is -0.250 e. The molecule has 2 aromatic rings. The van der Waals surface area contributed by atoms with Gasteiger partial charge in [0.2, 0.25) is 0 Å². The Morgan fingerprint density at radius 2 is 1.68 bits per heavy atom. The van der Waals surface area contributed by atoms with Crippen molar-refractivity contribution in [2.45, 2.75) is 46.5 Å². The molecule has 4 unspecified atom stereocenters. The van der Waals surface area contributed by atoms with Gasteiger partial charge in [0.05, 0.1) is 5.69 Å². The Morgan fingerprint density at radius 3 is 2.37 bits per heavy atom. The number of aromatic nitrogens is 3. The zero-order valence-electron chi connectivity index (χ0n) is 12.7. The number of nitrogens with zero attached hydrogens (tertiary/aromatic N) is 3. The number of fused-ring (bicyclic) bond motifs is 3. The third-order valence-corrected chi connectivity index (χ3v) is 5.45. The van der Waals surface area contributed by atoms with Gasteiger partial charge in [0, 0.05) is 18.6 Å². The molecule has 0 spiro atoms. The van der Waals surface area contributed by atoms with Gasteiger partial charge >= 0.3 is 0 Å². The van der Waals surface area contributed by atoms with E-state index < -0.39 is 0 Å². The predicted molar refractivity (Wildman–Crippen MR) is 78.4 cm³/mol. The molecule has 0 fully saturated rings. The van der Waals surface area contributed by atoms with Crippen LogP contribution in [0.1, 0.15) is 56.4 Å². The van der Waals surface area contributed by atoms with Crippen LogP contribution in [0.2, 0.25) is 0 Å². The van der Waals surface area contributed by atoms with Crippen molar-refractivity contribution in [3.05, 3.63) is 23.0 Å². The fourth-order valence-corrected chi connectivity index (χ4v) is 3.76. The Kier molecular flexibility index (Phi) is 2.70. The van der Waals surface area contributed by atoms with Crippen LogP contribution in [0.15, 0.2) is 6.20 Å². The maximum Gasteiger partial charge on any atom is 0.158 e. The van der Waals surface area contributed by atoms with Crippen molar-refractivity contribution in [3.63, 3.8) is 0 Å². The third-order valence-electron chi connectivity index (χ3n) is 5.45. The number of hydrogen-bond donors (Lipinski definition) is 0. The monoisotopic (exact) mass is 257 g/mol. The van der Waals surface area contributed by atoms with E-state index in [1.165, 1.54) is 16.5 Å². The standard InChI is InChI=1S/C16H23N3/c1-8-9(2)11(4)14-13(10(8)3)7-17-16-15(14)12(5)18-19(16)6/h7-11H,1-6H3. The van der Waals surface area contributed by atoms with Gasteiger partial charge in [0.25, 0.3) is 0 Å². The van der Waals surface area contributed by atoms with E-state index in [0.29, 0.717) is 23.7 Å². The van der Waals surface area contributed by atoms with Crippen LogP contribution in [0.4, 0.5) is 0 Å². The Morgan fingerprint density at radius 1 is 1.05 bits per heavy atom. The quantitative estimate of drug-likeness (QED) is 0.719. The highest BCUT2D eigenvalue weighted by Gasteiger charge is 2.36. The molecule has 1 aliphatic carbocycles. The first-order chi connectivity index (χ1) is 8.93. The van der Waals surface area contributed by atoms with Crippen LogP contribution in [-0.4, -0.2) is 14.8 Å². The normalized spacial score (nSPS) is 30.6. The Labute approximate surface area is 115 Å². The molecule has 19 heavy (non-hydrogen) atoms. The average molecular weight is 257 g/mol. The van der Waals surface area contributed by atoms with Gasteiger partial charge in [-0.05, 0) is 41.7 Å². The molecule has 0 saturated heterocycles. The summed E-state index contributed by atoms with van der Waals surface area (Å²) in [7, 11) is 1.98. The molecule has 4 atom stereocenters. The highest BCUT2D eigenvalue weighted by molar-refractivity contribution is 5.84. The van der Waals surface area contributed by atoms with Gasteiger partial charge in [-0.2, -0.15) is 5.10 Å². The lowest BCUT2D eigenvalue weighted by Crippen LogP contribution is -2.27. The van der Waals surface area contributed by atoms with Gasteiger partial charge in [0.15, 0.2) is 5.65 Å². The fraction of sp³-hybridized carbons (Fsp3) is 0.625. The SMILES string of the molecule is Cc1nn(C)c2ncc3c(c12)C(C)C(C)C(C)C3C. The molecule has 0 aromatic carbocycles. The fourth-order valence-electron chi connectivity index (χ4n) is 3.76. The smallest absolute Gasteiger partial charge is 0.158 e. The average Bonchev–Trinajstić information content (AvgIpc) is 2.68. The summed E-state index contributed by atoms with van der Waals surface area (Å²) in [4.78, 5) is 4.66. The van der Waals surface area contributed by atoms with Crippen molar-refractivity contribution in [1.82, 2.24) is 14.8 Å². The van der Waals surface area contributed by atoms with Crippen molar-refractivity contribution in [1.29, 1.82) is 0 Å². The van der Waals surface area contributed by atoms with Gasteiger partial charge in [-0.25, -0.2) is 4.98 Å². The Hall–Kier alpha value is -1.38. The molecule has 0 radical (unpaired) electrons. The summed E-state index contributed by atoms with van der Waals surface area (Å²) in [5, 5.41) is 5.85. The van der Waals surface area contributed by atoms with Crippen LogP contribution in [0, 0.1) is 18.8 Å². The van der Waals surface area contributed by atoms with Gasteiger partial charge < -0.3 is 0 Å². The molecule has 0 bridgehead atoms. The lowest BCUT2D eigenvalue weighted by atomic mass is 9.66. The van der Waals surface area contributed by atoms with Crippen molar-refractivity contribution in [2.24, 2.45) is 18.9 Å². The van der Waals surface area contributed by atoms with Crippen molar-refractivity contribution < 1.29 is 0 Å². The van der Waals surface area contributed by atoms with E-state index in [1.54, 1.807) is 0 Å².